The summed E-state index contributed by atoms with van der Waals surface area (Å²) in [4.78, 5) is 16.8. The zero-order valence-electron chi connectivity index (χ0n) is 14.5. The highest BCUT2D eigenvalue weighted by Crippen LogP contribution is 2.20. The maximum atomic E-state index is 13.3. The Balaban J connectivity index is 1.56. The average molecular weight is 365 g/mol. The SMILES string of the molecule is Cc1c(Cl)cnn1C(C)C(=O)N1CCN(Cc2cccc(F)c2)CC1. The summed E-state index contributed by atoms with van der Waals surface area (Å²) in [6.45, 7) is 7.26. The molecule has 1 saturated heterocycles. The highest BCUT2D eigenvalue weighted by molar-refractivity contribution is 6.31. The number of rotatable bonds is 4. The lowest BCUT2D eigenvalue weighted by Gasteiger charge is -2.36. The topological polar surface area (TPSA) is 41.4 Å². The van der Waals surface area contributed by atoms with Crippen molar-refractivity contribution in [3.8, 4) is 0 Å². The molecule has 25 heavy (non-hydrogen) atoms. The molecule has 0 saturated carbocycles. The van der Waals surface area contributed by atoms with E-state index >= 15 is 0 Å². The third-order valence-electron chi connectivity index (χ3n) is 4.69. The largest absolute Gasteiger partial charge is 0.338 e. The van der Waals surface area contributed by atoms with E-state index in [0.29, 0.717) is 24.7 Å². The number of carbonyl (C=O) groups is 1. The molecule has 134 valence electrons. The Morgan fingerprint density at radius 2 is 2.04 bits per heavy atom. The lowest BCUT2D eigenvalue weighted by Crippen LogP contribution is -2.50. The van der Waals surface area contributed by atoms with E-state index in [-0.39, 0.29) is 17.8 Å². The van der Waals surface area contributed by atoms with Gasteiger partial charge in [-0.05, 0) is 31.5 Å². The van der Waals surface area contributed by atoms with E-state index in [4.69, 9.17) is 11.6 Å². The molecule has 3 rings (SSSR count). The van der Waals surface area contributed by atoms with Gasteiger partial charge < -0.3 is 4.90 Å². The van der Waals surface area contributed by atoms with Crippen molar-refractivity contribution in [2.24, 2.45) is 0 Å². The molecule has 0 radical (unpaired) electrons. The third-order valence-corrected chi connectivity index (χ3v) is 5.06. The minimum absolute atomic E-state index is 0.0493. The summed E-state index contributed by atoms with van der Waals surface area (Å²) in [7, 11) is 0. The molecule has 0 aliphatic carbocycles. The van der Waals surface area contributed by atoms with Crippen LogP contribution in [-0.4, -0.2) is 51.7 Å². The fourth-order valence-corrected chi connectivity index (χ4v) is 3.31. The number of halogens is 2. The minimum atomic E-state index is -0.373. The number of piperazine rings is 1. The van der Waals surface area contributed by atoms with Crippen LogP contribution in [0.4, 0.5) is 4.39 Å². The Morgan fingerprint density at radius 1 is 1.32 bits per heavy atom. The van der Waals surface area contributed by atoms with Gasteiger partial charge in [-0.15, -0.1) is 0 Å². The number of nitrogens with zero attached hydrogens (tertiary/aromatic N) is 4. The van der Waals surface area contributed by atoms with Crippen LogP contribution in [0.15, 0.2) is 30.5 Å². The van der Waals surface area contributed by atoms with Crippen LogP contribution in [0.2, 0.25) is 5.02 Å². The predicted molar refractivity (Wildman–Crippen MR) is 94.9 cm³/mol. The van der Waals surface area contributed by atoms with Gasteiger partial charge in [-0.2, -0.15) is 5.10 Å². The van der Waals surface area contributed by atoms with Gasteiger partial charge in [0.1, 0.15) is 11.9 Å². The van der Waals surface area contributed by atoms with E-state index in [0.717, 1.165) is 24.3 Å². The van der Waals surface area contributed by atoms with Crippen LogP contribution in [0.25, 0.3) is 0 Å². The number of amides is 1. The zero-order chi connectivity index (χ0) is 18.0. The molecule has 7 heteroatoms. The summed E-state index contributed by atoms with van der Waals surface area (Å²) < 4.78 is 15.0. The van der Waals surface area contributed by atoms with Gasteiger partial charge in [-0.3, -0.25) is 14.4 Å². The maximum Gasteiger partial charge on any atom is 0.247 e. The first kappa shape index (κ1) is 17.9. The third kappa shape index (κ3) is 4.02. The maximum absolute atomic E-state index is 13.3. The Kier molecular flexibility index (Phi) is 5.39. The van der Waals surface area contributed by atoms with Crippen molar-refractivity contribution in [2.45, 2.75) is 26.4 Å². The van der Waals surface area contributed by atoms with E-state index in [9.17, 15) is 9.18 Å². The van der Waals surface area contributed by atoms with Gasteiger partial charge in [0.25, 0.3) is 0 Å². The van der Waals surface area contributed by atoms with E-state index < -0.39 is 0 Å². The number of hydrogen-bond donors (Lipinski definition) is 0. The predicted octanol–water partition coefficient (Wildman–Crippen LogP) is 2.89. The molecule has 0 spiro atoms. The summed E-state index contributed by atoms with van der Waals surface area (Å²) >= 11 is 6.03. The lowest BCUT2D eigenvalue weighted by molar-refractivity contribution is -0.136. The van der Waals surface area contributed by atoms with Crippen LogP contribution in [-0.2, 0) is 11.3 Å². The molecule has 1 fully saturated rings. The van der Waals surface area contributed by atoms with Gasteiger partial charge in [-0.25, -0.2) is 4.39 Å². The molecular formula is C18H22ClFN4O. The Hall–Kier alpha value is -1.92. The summed E-state index contributed by atoms with van der Waals surface area (Å²) in [6, 6.07) is 6.29. The molecule has 1 aliphatic heterocycles. The number of carbonyl (C=O) groups excluding carboxylic acids is 1. The molecule has 1 aromatic heterocycles. The second-order valence-electron chi connectivity index (χ2n) is 6.43. The van der Waals surface area contributed by atoms with Crippen LogP contribution in [0.5, 0.6) is 0 Å². The quantitative estimate of drug-likeness (QED) is 0.837. The molecule has 1 amide bonds. The molecule has 0 N–H and O–H groups in total. The standard InChI is InChI=1S/C18H22ClFN4O/c1-13-17(19)11-21-24(13)14(2)18(25)23-8-6-22(7-9-23)12-15-4-3-5-16(20)10-15/h3-5,10-11,14H,6-9,12H2,1-2H3. The molecule has 0 bridgehead atoms. The molecule has 1 aliphatic rings. The summed E-state index contributed by atoms with van der Waals surface area (Å²) in [5, 5.41) is 4.77. The number of benzene rings is 1. The number of aromatic nitrogens is 2. The van der Waals surface area contributed by atoms with Crippen LogP contribution in [0.3, 0.4) is 0 Å². The van der Waals surface area contributed by atoms with Gasteiger partial charge in [0.15, 0.2) is 0 Å². The van der Waals surface area contributed by atoms with Crippen molar-refractivity contribution >= 4 is 17.5 Å². The molecule has 5 nitrogen and oxygen atoms in total. The zero-order valence-corrected chi connectivity index (χ0v) is 15.2. The second-order valence-corrected chi connectivity index (χ2v) is 6.84. The Bertz CT molecular complexity index is 755. The summed E-state index contributed by atoms with van der Waals surface area (Å²) in [5.74, 6) is -0.165. The van der Waals surface area contributed by atoms with Gasteiger partial charge in [0.05, 0.1) is 16.9 Å². The lowest BCUT2D eigenvalue weighted by atomic mass is 10.2. The van der Waals surface area contributed by atoms with Crippen LogP contribution in [0.1, 0.15) is 24.2 Å². The second kappa shape index (κ2) is 7.54. The van der Waals surface area contributed by atoms with E-state index in [1.807, 2.05) is 24.8 Å². The van der Waals surface area contributed by atoms with Crippen molar-refractivity contribution in [1.29, 1.82) is 0 Å². The van der Waals surface area contributed by atoms with Gasteiger partial charge in [0, 0.05) is 32.7 Å². The monoisotopic (exact) mass is 364 g/mol. The summed E-state index contributed by atoms with van der Waals surface area (Å²) in [6.07, 6.45) is 1.57. The van der Waals surface area contributed by atoms with Gasteiger partial charge in [-0.1, -0.05) is 23.7 Å². The van der Waals surface area contributed by atoms with Crippen LogP contribution in [0, 0.1) is 12.7 Å². The van der Waals surface area contributed by atoms with E-state index in [2.05, 4.69) is 10.00 Å². The molecule has 1 aromatic carbocycles. The number of hydrogen-bond acceptors (Lipinski definition) is 3. The molecule has 1 unspecified atom stereocenters. The fraction of sp³-hybridized carbons (Fsp3) is 0.444. The Morgan fingerprint density at radius 3 is 2.64 bits per heavy atom. The van der Waals surface area contributed by atoms with E-state index in [1.54, 1.807) is 23.0 Å². The van der Waals surface area contributed by atoms with Gasteiger partial charge in [0.2, 0.25) is 5.91 Å². The molecule has 2 heterocycles. The van der Waals surface area contributed by atoms with Crippen LogP contribution < -0.4 is 0 Å². The Labute approximate surface area is 152 Å². The van der Waals surface area contributed by atoms with Crippen molar-refractivity contribution < 1.29 is 9.18 Å². The highest BCUT2D eigenvalue weighted by atomic mass is 35.5. The van der Waals surface area contributed by atoms with E-state index in [1.165, 1.54) is 6.07 Å². The average Bonchev–Trinajstić information content (AvgIpc) is 2.93. The fourth-order valence-electron chi connectivity index (χ4n) is 3.18. The normalized spacial score (nSPS) is 16.9. The molecule has 1 atom stereocenters. The van der Waals surface area contributed by atoms with Crippen molar-refractivity contribution in [1.82, 2.24) is 19.6 Å². The van der Waals surface area contributed by atoms with Crippen LogP contribution >= 0.6 is 11.6 Å². The van der Waals surface area contributed by atoms with Crippen molar-refractivity contribution in [3.05, 3.63) is 52.6 Å². The van der Waals surface area contributed by atoms with Gasteiger partial charge >= 0.3 is 0 Å². The minimum Gasteiger partial charge on any atom is -0.338 e. The highest BCUT2D eigenvalue weighted by Gasteiger charge is 2.27. The van der Waals surface area contributed by atoms with Crippen molar-refractivity contribution in [2.75, 3.05) is 26.2 Å². The first-order chi connectivity index (χ1) is 12.0. The molecular weight excluding hydrogens is 343 g/mol. The smallest absolute Gasteiger partial charge is 0.247 e. The van der Waals surface area contributed by atoms with Crippen molar-refractivity contribution in [3.63, 3.8) is 0 Å². The first-order valence-electron chi connectivity index (χ1n) is 8.41. The summed E-state index contributed by atoms with van der Waals surface area (Å²) in [5.41, 5.74) is 1.75. The first-order valence-corrected chi connectivity index (χ1v) is 8.78. The molecule has 2 aromatic rings.